The number of rotatable bonds is 4. The zero-order valence-corrected chi connectivity index (χ0v) is 13.1. The van der Waals surface area contributed by atoms with Crippen molar-refractivity contribution in [2.45, 2.75) is 19.4 Å². The third-order valence-electron chi connectivity index (χ3n) is 3.48. The van der Waals surface area contributed by atoms with E-state index >= 15 is 0 Å². The number of benzene rings is 1. The number of hydrogen-bond acceptors (Lipinski definition) is 3. The Bertz CT molecular complexity index is 623. The maximum Gasteiger partial charge on any atom is 0.282 e. The average molecular weight is 307 g/mol. The number of nitrogens with zero attached hydrogens (tertiary/aromatic N) is 2. The predicted octanol–water partition coefficient (Wildman–Crippen LogP) is 0.769. The summed E-state index contributed by atoms with van der Waals surface area (Å²) in [5.74, 6) is 5.74. The molecule has 0 aromatic heterocycles. The van der Waals surface area contributed by atoms with Crippen LogP contribution in [0.3, 0.4) is 0 Å². The predicted molar refractivity (Wildman–Crippen MR) is 83.6 cm³/mol. The van der Waals surface area contributed by atoms with Crippen LogP contribution in [0, 0.1) is 11.8 Å². The normalized spacial score (nSPS) is 16.0. The number of nitrogens with two attached hydrogens (primary N) is 1. The van der Waals surface area contributed by atoms with Crippen molar-refractivity contribution in [2.75, 3.05) is 26.7 Å². The van der Waals surface area contributed by atoms with E-state index in [9.17, 15) is 8.42 Å². The third kappa shape index (κ3) is 4.05. The van der Waals surface area contributed by atoms with Gasteiger partial charge in [-0.15, -0.1) is 0 Å². The van der Waals surface area contributed by atoms with Crippen LogP contribution < -0.4 is 5.73 Å². The summed E-state index contributed by atoms with van der Waals surface area (Å²) in [5.41, 5.74) is 7.15. The zero-order valence-electron chi connectivity index (χ0n) is 12.2. The van der Waals surface area contributed by atoms with Gasteiger partial charge in [0.25, 0.3) is 10.2 Å². The molecule has 1 aliphatic heterocycles. The van der Waals surface area contributed by atoms with Gasteiger partial charge in [-0.25, -0.2) is 0 Å². The highest BCUT2D eigenvalue weighted by atomic mass is 32.2. The Morgan fingerprint density at radius 1 is 1.24 bits per heavy atom. The minimum Gasteiger partial charge on any atom is -0.320 e. The van der Waals surface area contributed by atoms with Crippen molar-refractivity contribution in [3.63, 3.8) is 0 Å². The molecule has 0 spiro atoms. The lowest BCUT2D eigenvalue weighted by Gasteiger charge is -2.23. The first kappa shape index (κ1) is 16.0. The van der Waals surface area contributed by atoms with Crippen molar-refractivity contribution in [1.29, 1.82) is 0 Å². The van der Waals surface area contributed by atoms with E-state index in [0.29, 0.717) is 26.2 Å². The summed E-state index contributed by atoms with van der Waals surface area (Å²) in [6.07, 6.45) is 1.89. The van der Waals surface area contributed by atoms with E-state index < -0.39 is 10.2 Å². The van der Waals surface area contributed by atoms with E-state index in [4.69, 9.17) is 5.73 Å². The molecule has 2 rings (SSSR count). The molecule has 1 heterocycles. The minimum atomic E-state index is -3.34. The molecule has 1 aromatic rings. The van der Waals surface area contributed by atoms with Gasteiger partial charge in [-0.05, 0) is 30.5 Å². The fourth-order valence-corrected chi connectivity index (χ4v) is 3.73. The minimum absolute atomic E-state index is 0.332. The molecule has 1 aliphatic rings. The SMILES string of the molecule is CN(Cc1ccc(C#CCN)cc1)S(=O)(=O)N1CCCC1. The summed E-state index contributed by atoms with van der Waals surface area (Å²) in [6, 6.07) is 7.57. The van der Waals surface area contributed by atoms with Gasteiger partial charge in [-0.1, -0.05) is 24.0 Å². The van der Waals surface area contributed by atoms with E-state index in [1.807, 2.05) is 24.3 Å². The lowest BCUT2D eigenvalue weighted by molar-refractivity contribution is 0.392. The monoisotopic (exact) mass is 307 g/mol. The highest BCUT2D eigenvalue weighted by Gasteiger charge is 2.29. The topological polar surface area (TPSA) is 66.6 Å². The van der Waals surface area contributed by atoms with Crippen molar-refractivity contribution >= 4 is 10.2 Å². The van der Waals surface area contributed by atoms with Gasteiger partial charge < -0.3 is 5.73 Å². The summed E-state index contributed by atoms with van der Waals surface area (Å²) in [5, 5.41) is 0. The smallest absolute Gasteiger partial charge is 0.282 e. The van der Waals surface area contributed by atoms with Crippen LogP contribution in [-0.4, -0.2) is 43.7 Å². The Labute approximate surface area is 126 Å². The first-order valence-electron chi connectivity index (χ1n) is 7.03. The summed E-state index contributed by atoms with van der Waals surface area (Å²) in [7, 11) is -1.72. The van der Waals surface area contributed by atoms with Gasteiger partial charge >= 0.3 is 0 Å². The quantitative estimate of drug-likeness (QED) is 0.836. The molecule has 0 bridgehead atoms. The molecule has 0 radical (unpaired) electrons. The van der Waals surface area contributed by atoms with Crippen LogP contribution in [-0.2, 0) is 16.8 Å². The van der Waals surface area contributed by atoms with Gasteiger partial charge in [-0.3, -0.25) is 0 Å². The van der Waals surface area contributed by atoms with Crippen molar-refractivity contribution < 1.29 is 8.42 Å². The molecule has 21 heavy (non-hydrogen) atoms. The second kappa shape index (κ2) is 7.05. The molecular weight excluding hydrogens is 286 g/mol. The van der Waals surface area contributed by atoms with Crippen molar-refractivity contribution in [1.82, 2.24) is 8.61 Å². The van der Waals surface area contributed by atoms with Crippen LogP contribution in [0.4, 0.5) is 0 Å². The molecule has 0 unspecified atom stereocenters. The maximum atomic E-state index is 12.4. The van der Waals surface area contributed by atoms with Crippen LogP contribution in [0.15, 0.2) is 24.3 Å². The molecule has 0 saturated carbocycles. The average Bonchev–Trinajstić information content (AvgIpc) is 3.01. The molecule has 0 atom stereocenters. The molecule has 1 fully saturated rings. The molecule has 2 N–H and O–H groups in total. The van der Waals surface area contributed by atoms with Gasteiger partial charge in [0, 0.05) is 32.2 Å². The Morgan fingerprint density at radius 2 is 1.86 bits per heavy atom. The van der Waals surface area contributed by atoms with E-state index in [0.717, 1.165) is 24.0 Å². The first-order chi connectivity index (χ1) is 10.0. The fourth-order valence-electron chi connectivity index (χ4n) is 2.30. The molecule has 114 valence electrons. The van der Waals surface area contributed by atoms with Gasteiger partial charge in [0.1, 0.15) is 0 Å². The molecule has 1 saturated heterocycles. The van der Waals surface area contributed by atoms with Crippen LogP contribution in [0.2, 0.25) is 0 Å². The summed E-state index contributed by atoms with van der Waals surface area (Å²) >= 11 is 0. The zero-order chi connectivity index (χ0) is 15.3. The van der Waals surface area contributed by atoms with Gasteiger partial charge in [-0.2, -0.15) is 17.0 Å². The first-order valence-corrected chi connectivity index (χ1v) is 8.43. The van der Waals surface area contributed by atoms with Crippen LogP contribution >= 0.6 is 0 Å². The summed E-state index contributed by atoms with van der Waals surface area (Å²) < 4.78 is 27.7. The van der Waals surface area contributed by atoms with Gasteiger partial charge in [0.2, 0.25) is 0 Å². The second-order valence-electron chi connectivity index (χ2n) is 5.07. The molecule has 5 nitrogen and oxygen atoms in total. The largest absolute Gasteiger partial charge is 0.320 e. The van der Waals surface area contributed by atoms with Crippen molar-refractivity contribution in [3.8, 4) is 11.8 Å². The van der Waals surface area contributed by atoms with E-state index in [1.165, 1.54) is 4.31 Å². The fraction of sp³-hybridized carbons (Fsp3) is 0.467. The van der Waals surface area contributed by atoms with Crippen LogP contribution in [0.1, 0.15) is 24.0 Å². The van der Waals surface area contributed by atoms with E-state index in [2.05, 4.69) is 11.8 Å². The number of hydrogen-bond donors (Lipinski definition) is 1. The Kier molecular flexibility index (Phi) is 5.37. The lowest BCUT2D eigenvalue weighted by atomic mass is 10.1. The molecular formula is C15H21N3O2S. The van der Waals surface area contributed by atoms with E-state index in [1.54, 1.807) is 11.4 Å². The Hall–Kier alpha value is -1.39. The standard InChI is InChI=1S/C15H21N3O2S/c1-17(21(19,20)18-11-2-3-12-18)13-15-8-6-14(7-9-15)5-4-10-16/h6-9H,2-3,10-13,16H2,1H3. The molecule has 1 aromatic carbocycles. The van der Waals surface area contributed by atoms with Crippen molar-refractivity contribution in [2.24, 2.45) is 5.73 Å². The van der Waals surface area contributed by atoms with Crippen LogP contribution in [0.25, 0.3) is 0 Å². The van der Waals surface area contributed by atoms with Crippen LogP contribution in [0.5, 0.6) is 0 Å². The highest BCUT2D eigenvalue weighted by Crippen LogP contribution is 2.17. The Balaban J connectivity index is 2.03. The lowest BCUT2D eigenvalue weighted by Crippen LogP contribution is -2.39. The molecule has 0 aliphatic carbocycles. The molecule has 0 amide bonds. The molecule has 6 heteroatoms. The van der Waals surface area contributed by atoms with E-state index in [-0.39, 0.29) is 0 Å². The summed E-state index contributed by atoms with van der Waals surface area (Å²) in [4.78, 5) is 0. The highest BCUT2D eigenvalue weighted by molar-refractivity contribution is 7.86. The Morgan fingerprint density at radius 3 is 2.43 bits per heavy atom. The maximum absolute atomic E-state index is 12.4. The van der Waals surface area contributed by atoms with Crippen molar-refractivity contribution in [3.05, 3.63) is 35.4 Å². The van der Waals surface area contributed by atoms with Gasteiger partial charge in [0.15, 0.2) is 0 Å². The van der Waals surface area contributed by atoms with Gasteiger partial charge in [0.05, 0.1) is 6.54 Å². The second-order valence-corrected chi connectivity index (χ2v) is 7.11. The summed E-state index contributed by atoms with van der Waals surface area (Å²) in [6.45, 7) is 1.95. The third-order valence-corrected chi connectivity index (χ3v) is 5.41.